The third-order valence-corrected chi connectivity index (χ3v) is 3.43. The number of hydrogen-bond donors (Lipinski definition) is 2. The van der Waals surface area contributed by atoms with Crippen LogP contribution in [-0.4, -0.2) is 16.4 Å². The molecule has 0 atom stereocenters. The number of nitrogen functional groups attached to an aromatic ring is 1. The predicted octanol–water partition coefficient (Wildman–Crippen LogP) is 3.39. The van der Waals surface area contributed by atoms with E-state index in [2.05, 4.69) is 26.1 Å². The van der Waals surface area contributed by atoms with Crippen LogP contribution in [-0.2, 0) is 4.79 Å². The molecule has 0 bridgehead atoms. The quantitative estimate of drug-likeness (QED) is 0.830. The topological polar surface area (TPSA) is 55.1 Å². The van der Waals surface area contributed by atoms with Gasteiger partial charge in [0.1, 0.15) is 0 Å². The number of halogens is 1. The number of benzene rings is 1. The minimum absolute atomic E-state index is 0.0565. The maximum Gasteiger partial charge on any atom is 0.234 e. The molecular formula is C12H17ClN2OS. The highest BCUT2D eigenvalue weighted by atomic mass is 35.5. The molecule has 0 aliphatic rings. The van der Waals surface area contributed by atoms with E-state index in [1.54, 1.807) is 30.0 Å². The lowest BCUT2D eigenvalue weighted by Gasteiger charge is -2.17. The molecule has 0 fully saturated rings. The summed E-state index contributed by atoms with van der Waals surface area (Å²) in [5.41, 5.74) is 6.83. The highest BCUT2D eigenvalue weighted by molar-refractivity contribution is 8.01. The van der Waals surface area contributed by atoms with Crippen molar-refractivity contribution >= 4 is 40.6 Å². The monoisotopic (exact) mass is 272 g/mol. The molecule has 3 nitrogen and oxygen atoms in total. The van der Waals surface area contributed by atoms with Crippen LogP contribution in [0.1, 0.15) is 20.8 Å². The Balaban J connectivity index is 2.57. The van der Waals surface area contributed by atoms with Crippen LogP contribution >= 0.6 is 23.4 Å². The summed E-state index contributed by atoms with van der Waals surface area (Å²) in [5.74, 6) is 0.352. The van der Waals surface area contributed by atoms with E-state index in [0.29, 0.717) is 22.2 Å². The predicted molar refractivity (Wildman–Crippen MR) is 76.7 cm³/mol. The summed E-state index contributed by atoms with van der Waals surface area (Å²) in [4.78, 5) is 11.7. The van der Waals surface area contributed by atoms with Gasteiger partial charge in [0, 0.05) is 9.77 Å². The van der Waals surface area contributed by atoms with Gasteiger partial charge in [-0.05, 0) is 18.2 Å². The van der Waals surface area contributed by atoms with Gasteiger partial charge in [0.25, 0.3) is 0 Å². The summed E-state index contributed by atoms with van der Waals surface area (Å²) in [7, 11) is 0. The fourth-order valence-corrected chi connectivity index (χ4v) is 1.93. The number of nitrogens with two attached hydrogens (primary N) is 1. The molecule has 3 N–H and O–H groups in total. The van der Waals surface area contributed by atoms with E-state index in [1.807, 2.05) is 0 Å². The Labute approximate surface area is 111 Å². The van der Waals surface area contributed by atoms with E-state index >= 15 is 0 Å². The largest absolute Gasteiger partial charge is 0.397 e. The van der Waals surface area contributed by atoms with Crippen LogP contribution in [0.2, 0.25) is 5.02 Å². The van der Waals surface area contributed by atoms with E-state index in [4.69, 9.17) is 17.3 Å². The third-order valence-electron chi connectivity index (χ3n) is 1.92. The molecule has 0 spiro atoms. The van der Waals surface area contributed by atoms with Crippen LogP contribution in [0, 0.1) is 0 Å². The number of amides is 1. The van der Waals surface area contributed by atoms with Gasteiger partial charge in [-0.2, -0.15) is 0 Å². The van der Waals surface area contributed by atoms with Crippen molar-refractivity contribution in [3.05, 3.63) is 23.2 Å². The molecule has 0 radical (unpaired) electrons. The Bertz CT molecular complexity index is 415. The summed E-state index contributed by atoms with van der Waals surface area (Å²) < 4.78 is 0.0723. The van der Waals surface area contributed by atoms with Crippen molar-refractivity contribution in [2.75, 3.05) is 16.8 Å². The zero-order valence-electron chi connectivity index (χ0n) is 10.2. The van der Waals surface area contributed by atoms with Gasteiger partial charge in [0.15, 0.2) is 0 Å². The maximum atomic E-state index is 11.7. The van der Waals surface area contributed by atoms with Gasteiger partial charge in [-0.3, -0.25) is 4.79 Å². The van der Waals surface area contributed by atoms with Crippen molar-refractivity contribution in [1.82, 2.24) is 0 Å². The SMILES string of the molecule is CC(C)(C)SCC(=O)Nc1ccc(Cl)cc1N. The van der Waals surface area contributed by atoms with E-state index < -0.39 is 0 Å². The number of thioether (sulfide) groups is 1. The van der Waals surface area contributed by atoms with Crippen molar-refractivity contribution in [2.24, 2.45) is 0 Å². The molecule has 0 aliphatic heterocycles. The van der Waals surface area contributed by atoms with Gasteiger partial charge in [-0.15, -0.1) is 11.8 Å². The summed E-state index contributed by atoms with van der Waals surface area (Å²) >= 11 is 7.37. The lowest BCUT2D eigenvalue weighted by Crippen LogP contribution is -2.19. The van der Waals surface area contributed by atoms with Crippen LogP contribution in [0.4, 0.5) is 11.4 Å². The number of carbonyl (C=O) groups is 1. The maximum absolute atomic E-state index is 11.7. The molecule has 0 heterocycles. The molecule has 0 saturated carbocycles. The van der Waals surface area contributed by atoms with Crippen molar-refractivity contribution in [2.45, 2.75) is 25.5 Å². The molecule has 5 heteroatoms. The second-order valence-corrected chi connectivity index (χ2v) is 6.92. The Hall–Kier alpha value is -0.870. The van der Waals surface area contributed by atoms with Crippen LogP contribution < -0.4 is 11.1 Å². The van der Waals surface area contributed by atoms with E-state index in [1.165, 1.54) is 0 Å². The molecule has 1 rings (SSSR count). The van der Waals surface area contributed by atoms with Crippen LogP contribution in [0.15, 0.2) is 18.2 Å². The molecule has 94 valence electrons. The first kappa shape index (κ1) is 14.2. The molecule has 1 aromatic carbocycles. The first-order valence-electron chi connectivity index (χ1n) is 5.27. The van der Waals surface area contributed by atoms with Crippen molar-refractivity contribution in [1.29, 1.82) is 0 Å². The molecule has 1 aromatic rings. The standard InChI is InChI=1S/C12H17ClN2OS/c1-12(2,3)17-7-11(16)15-10-5-4-8(13)6-9(10)14/h4-6H,7,14H2,1-3H3,(H,15,16). The highest BCUT2D eigenvalue weighted by Crippen LogP contribution is 2.25. The van der Waals surface area contributed by atoms with Crippen LogP contribution in [0.5, 0.6) is 0 Å². The number of hydrogen-bond acceptors (Lipinski definition) is 3. The average molecular weight is 273 g/mol. The fourth-order valence-electron chi connectivity index (χ4n) is 1.12. The number of carbonyl (C=O) groups excluding carboxylic acids is 1. The highest BCUT2D eigenvalue weighted by Gasteiger charge is 2.13. The van der Waals surface area contributed by atoms with Gasteiger partial charge < -0.3 is 11.1 Å². The second kappa shape index (κ2) is 5.65. The zero-order valence-corrected chi connectivity index (χ0v) is 11.8. The number of nitrogens with one attached hydrogen (secondary N) is 1. The first-order chi connectivity index (χ1) is 7.78. The van der Waals surface area contributed by atoms with E-state index in [-0.39, 0.29) is 10.7 Å². The lowest BCUT2D eigenvalue weighted by molar-refractivity contribution is -0.113. The number of anilines is 2. The molecule has 0 aliphatic carbocycles. The Morgan fingerprint density at radius 2 is 2.12 bits per heavy atom. The van der Waals surface area contributed by atoms with Gasteiger partial charge in [-0.1, -0.05) is 32.4 Å². The molecule has 0 unspecified atom stereocenters. The van der Waals surface area contributed by atoms with Crippen molar-refractivity contribution < 1.29 is 4.79 Å². The van der Waals surface area contributed by atoms with Crippen LogP contribution in [0.3, 0.4) is 0 Å². The summed E-state index contributed by atoms with van der Waals surface area (Å²) in [6.45, 7) is 6.21. The van der Waals surface area contributed by atoms with Gasteiger partial charge in [0.05, 0.1) is 17.1 Å². The van der Waals surface area contributed by atoms with Crippen LogP contribution in [0.25, 0.3) is 0 Å². The fraction of sp³-hybridized carbons (Fsp3) is 0.417. The molecule has 17 heavy (non-hydrogen) atoms. The zero-order chi connectivity index (χ0) is 13.1. The first-order valence-corrected chi connectivity index (χ1v) is 6.63. The van der Waals surface area contributed by atoms with Gasteiger partial charge >= 0.3 is 0 Å². The van der Waals surface area contributed by atoms with Gasteiger partial charge in [-0.25, -0.2) is 0 Å². The lowest BCUT2D eigenvalue weighted by atomic mass is 10.2. The van der Waals surface area contributed by atoms with Crippen molar-refractivity contribution in [3.8, 4) is 0 Å². The summed E-state index contributed by atoms with van der Waals surface area (Å²) in [6.07, 6.45) is 0. The number of rotatable bonds is 3. The van der Waals surface area contributed by atoms with Gasteiger partial charge in [0.2, 0.25) is 5.91 Å². The molecule has 0 aromatic heterocycles. The minimum Gasteiger partial charge on any atom is -0.397 e. The molecule has 0 saturated heterocycles. The van der Waals surface area contributed by atoms with E-state index in [9.17, 15) is 4.79 Å². The van der Waals surface area contributed by atoms with E-state index in [0.717, 1.165) is 0 Å². The Morgan fingerprint density at radius 1 is 1.47 bits per heavy atom. The van der Waals surface area contributed by atoms with Crippen molar-refractivity contribution in [3.63, 3.8) is 0 Å². The molecule has 1 amide bonds. The summed E-state index contributed by atoms with van der Waals surface area (Å²) in [6, 6.07) is 5.02. The molecular weight excluding hydrogens is 256 g/mol. The Kier molecular flexibility index (Phi) is 4.71. The third kappa shape index (κ3) is 5.33. The summed E-state index contributed by atoms with van der Waals surface area (Å²) in [5, 5.41) is 3.33. The minimum atomic E-state index is -0.0565. The Morgan fingerprint density at radius 3 is 2.65 bits per heavy atom. The smallest absolute Gasteiger partial charge is 0.234 e. The second-order valence-electron chi connectivity index (χ2n) is 4.68. The normalized spacial score (nSPS) is 11.3. The average Bonchev–Trinajstić information content (AvgIpc) is 2.18.